The molecule has 13 heteroatoms. The van der Waals surface area contributed by atoms with Crippen molar-refractivity contribution in [1.82, 2.24) is 19.2 Å². The van der Waals surface area contributed by atoms with Crippen LogP contribution in [-0.4, -0.2) is 37.8 Å². The van der Waals surface area contributed by atoms with E-state index in [4.69, 9.17) is 16.3 Å². The molecular formula is C22H20BrClF3N5O3. The van der Waals surface area contributed by atoms with Gasteiger partial charge < -0.3 is 14.6 Å². The lowest BCUT2D eigenvalue weighted by atomic mass is 10.1. The zero-order chi connectivity index (χ0) is 25.5. The van der Waals surface area contributed by atoms with E-state index in [0.29, 0.717) is 31.0 Å². The molecular weight excluding hydrogens is 555 g/mol. The highest BCUT2D eigenvalue weighted by atomic mass is 79.9. The van der Waals surface area contributed by atoms with E-state index >= 15 is 0 Å². The summed E-state index contributed by atoms with van der Waals surface area (Å²) in [6, 6.07) is 2.67. The molecule has 186 valence electrons. The average molecular weight is 575 g/mol. The molecule has 2 aromatic heterocycles. The zero-order valence-corrected chi connectivity index (χ0v) is 21.0. The zero-order valence-electron chi connectivity index (χ0n) is 18.6. The molecule has 4 rings (SSSR count). The van der Waals surface area contributed by atoms with Gasteiger partial charge in [-0.2, -0.15) is 22.7 Å². The number of carbonyl (C=O) groups excluding carboxylic acids is 1. The third-order valence-electron chi connectivity index (χ3n) is 5.50. The first-order chi connectivity index (χ1) is 16.5. The summed E-state index contributed by atoms with van der Waals surface area (Å²) in [7, 11) is 0. The summed E-state index contributed by atoms with van der Waals surface area (Å²) in [4.78, 5) is 30.3. The van der Waals surface area contributed by atoms with Crippen molar-refractivity contribution < 1.29 is 22.7 Å². The second-order valence-electron chi connectivity index (χ2n) is 7.97. The maximum absolute atomic E-state index is 12.9. The van der Waals surface area contributed by atoms with Crippen molar-refractivity contribution >= 4 is 50.5 Å². The van der Waals surface area contributed by atoms with E-state index in [9.17, 15) is 22.8 Å². The standard InChI is InChI=1S/C22H20BrClF3N5O3/c1-3-16-18(23)20(34)32-21(29-19(30-32)12-6-7-35-11(2)8-12)31(16)10-17(33)28-15-5-4-13(9-14(15)24)22(25,26)27/h4-6,9,11H,3,7-8,10H2,1-2H3,(H,28,33). The number of aromatic nitrogens is 4. The SMILES string of the molecule is CCc1c(Br)c(=O)n2nc(C3=CCOC(C)C3)nc2n1CC(=O)Nc1ccc(C(F)(F)F)cc1Cl. The second kappa shape index (κ2) is 9.75. The first kappa shape index (κ1) is 25.4. The molecule has 1 amide bonds. The summed E-state index contributed by atoms with van der Waals surface area (Å²) < 4.78 is 47.1. The highest BCUT2D eigenvalue weighted by Gasteiger charge is 2.31. The van der Waals surface area contributed by atoms with Gasteiger partial charge in [0.15, 0.2) is 5.82 Å². The number of amides is 1. The minimum Gasteiger partial charge on any atom is -0.374 e. The predicted octanol–water partition coefficient (Wildman–Crippen LogP) is 4.72. The minimum atomic E-state index is -4.56. The number of hydrogen-bond donors (Lipinski definition) is 1. The molecule has 0 spiro atoms. The van der Waals surface area contributed by atoms with Crippen molar-refractivity contribution in [3.8, 4) is 0 Å². The number of anilines is 1. The largest absolute Gasteiger partial charge is 0.416 e. The van der Waals surface area contributed by atoms with Gasteiger partial charge >= 0.3 is 6.18 Å². The normalized spacial score (nSPS) is 16.4. The highest BCUT2D eigenvalue weighted by Crippen LogP contribution is 2.34. The number of ether oxygens (including phenoxy) is 1. The Kier molecular flexibility index (Phi) is 7.07. The summed E-state index contributed by atoms with van der Waals surface area (Å²) in [5, 5.41) is 6.64. The van der Waals surface area contributed by atoms with E-state index in [1.807, 2.05) is 19.9 Å². The lowest BCUT2D eigenvalue weighted by Gasteiger charge is -2.17. The van der Waals surface area contributed by atoms with Crippen LogP contribution in [0.5, 0.6) is 0 Å². The first-order valence-electron chi connectivity index (χ1n) is 10.6. The van der Waals surface area contributed by atoms with Crippen molar-refractivity contribution in [2.24, 2.45) is 0 Å². The third kappa shape index (κ3) is 5.14. The molecule has 0 aliphatic carbocycles. The van der Waals surface area contributed by atoms with Crippen LogP contribution in [0.2, 0.25) is 5.02 Å². The Bertz CT molecular complexity index is 1400. The van der Waals surface area contributed by atoms with Crippen molar-refractivity contribution in [2.45, 2.75) is 45.5 Å². The molecule has 1 unspecified atom stereocenters. The van der Waals surface area contributed by atoms with E-state index < -0.39 is 23.2 Å². The van der Waals surface area contributed by atoms with Crippen LogP contribution >= 0.6 is 27.5 Å². The van der Waals surface area contributed by atoms with Gasteiger partial charge in [-0.25, -0.2) is 0 Å². The van der Waals surface area contributed by atoms with Crippen molar-refractivity contribution in [3.05, 3.63) is 61.2 Å². The maximum Gasteiger partial charge on any atom is 0.416 e. The molecule has 3 aromatic rings. The number of carbonyl (C=O) groups is 1. The number of alkyl halides is 3. The number of rotatable bonds is 5. The van der Waals surface area contributed by atoms with Crippen LogP contribution in [0.15, 0.2) is 33.5 Å². The third-order valence-corrected chi connectivity index (χ3v) is 6.61. The summed E-state index contributed by atoms with van der Waals surface area (Å²) in [6.07, 6.45) is -1.77. The molecule has 0 radical (unpaired) electrons. The van der Waals surface area contributed by atoms with Gasteiger partial charge in [-0.15, -0.1) is 5.10 Å². The van der Waals surface area contributed by atoms with Crippen molar-refractivity contribution in [3.63, 3.8) is 0 Å². The Labute approximate surface area is 210 Å². The van der Waals surface area contributed by atoms with E-state index in [-0.39, 0.29) is 33.6 Å². The Morgan fingerprint density at radius 2 is 2.11 bits per heavy atom. The molecule has 0 bridgehead atoms. The molecule has 3 heterocycles. The summed E-state index contributed by atoms with van der Waals surface area (Å²) in [5.74, 6) is -0.0432. The summed E-state index contributed by atoms with van der Waals surface area (Å²) in [6.45, 7) is 3.86. The summed E-state index contributed by atoms with van der Waals surface area (Å²) >= 11 is 9.28. The van der Waals surface area contributed by atoms with Gasteiger partial charge in [0.25, 0.3) is 5.56 Å². The van der Waals surface area contributed by atoms with Crippen LogP contribution in [0.1, 0.15) is 37.4 Å². The highest BCUT2D eigenvalue weighted by molar-refractivity contribution is 9.10. The molecule has 1 aromatic carbocycles. The first-order valence-corrected chi connectivity index (χ1v) is 11.8. The molecule has 8 nitrogen and oxygen atoms in total. The molecule has 35 heavy (non-hydrogen) atoms. The van der Waals surface area contributed by atoms with Gasteiger partial charge in [-0.05, 0) is 53.0 Å². The van der Waals surface area contributed by atoms with Crippen LogP contribution in [0, 0.1) is 0 Å². The van der Waals surface area contributed by atoms with Crippen LogP contribution in [0.25, 0.3) is 11.4 Å². The molecule has 1 aliphatic rings. The van der Waals surface area contributed by atoms with E-state index in [2.05, 4.69) is 31.3 Å². The quantitative estimate of drug-likeness (QED) is 0.476. The topological polar surface area (TPSA) is 90.5 Å². The van der Waals surface area contributed by atoms with Crippen LogP contribution in [0.4, 0.5) is 18.9 Å². The minimum absolute atomic E-state index is 0.0299. The lowest BCUT2D eigenvalue weighted by Crippen LogP contribution is -2.28. The van der Waals surface area contributed by atoms with Gasteiger partial charge in [-0.1, -0.05) is 24.6 Å². The predicted molar refractivity (Wildman–Crippen MR) is 127 cm³/mol. The van der Waals surface area contributed by atoms with E-state index in [1.165, 1.54) is 0 Å². The van der Waals surface area contributed by atoms with Crippen LogP contribution in [-0.2, 0) is 28.7 Å². The molecule has 0 saturated heterocycles. The Morgan fingerprint density at radius 3 is 2.74 bits per heavy atom. The van der Waals surface area contributed by atoms with Crippen LogP contribution in [0.3, 0.4) is 0 Å². The monoisotopic (exact) mass is 573 g/mol. The fourth-order valence-corrected chi connectivity index (χ4v) is 4.68. The molecule has 0 saturated carbocycles. The van der Waals surface area contributed by atoms with E-state index in [1.54, 1.807) is 4.57 Å². The molecule has 0 fully saturated rings. The number of benzene rings is 1. The lowest BCUT2D eigenvalue weighted by molar-refractivity contribution is -0.137. The fraction of sp³-hybridized carbons (Fsp3) is 0.364. The van der Waals surface area contributed by atoms with Gasteiger partial charge in [0.2, 0.25) is 11.7 Å². The van der Waals surface area contributed by atoms with Gasteiger partial charge in [0.05, 0.1) is 29.0 Å². The Balaban J connectivity index is 1.70. The van der Waals surface area contributed by atoms with Gasteiger partial charge in [0.1, 0.15) is 11.0 Å². The second-order valence-corrected chi connectivity index (χ2v) is 9.17. The number of halogens is 5. The Morgan fingerprint density at radius 1 is 1.37 bits per heavy atom. The Hall–Kier alpha value is -2.70. The number of hydrogen-bond acceptors (Lipinski definition) is 5. The summed E-state index contributed by atoms with van der Waals surface area (Å²) in [5.41, 5.74) is 0.0339. The number of nitrogens with one attached hydrogen (secondary N) is 1. The molecule has 1 atom stereocenters. The van der Waals surface area contributed by atoms with Gasteiger partial charge in [0, 0.05) is 12.1 Å². The average Bonchev–Trinajstić information content (AvgIpc) is 3.24. The number of fused-ring (bicyclic) bond motifs is 1. The van der Waals surface area contributed by atoms with Crippen molar-refractivity contribution in [2.75, 3.05) is 11.9 Å². The maximum atomic E-state index is 12.9. The number of nitrogens with zero attached hydrogens (tertiary/aromatic N) is 4. The smallest absolute Gasteiger partial charge is 0.374 e. The fourth-order valence-electron chi connectivity index (χ4n) is 3.79. The van der Waals surface area contributed by atoms with Gasteiger partial charge in [-0.3, -0.25) is 9.59 Å². The molecule has 1 N–H and O–H groups in total. The van der Waals surface area contributed by atoms with Crippen molar-refractivity contribution in [1.29, 1.82) is 0 Å². The van der Waals surface area contributed by atoms with Crippen LogP contribution < -0.4 is 10.9 Å². The molecule has 1 aliphatic heterocycles. The van der Waals surface area contributed by atoms with E-state index in [0.717, 1.165) is 28.3 Å².